The molecule has 0 saturated carbocycles. The van der Waals surface area contributed by atoms with Crippen LogP contribution in [0.3, 0.4) is 0 Å². The van der Waals surface area contributed by atoms with Crippen LogP contribution in [0.1, 0.15) is 27.2 Å². The summed E-state index contributed by atoms with van der Waals surface area (Å²) in [6.07, 6.45) is 0.804. The van der Waals surface area contributed by atoms with Crippen molar-refractivity contribution in [2.24, 2.45) is 5.92 Å². The predicted molar refractivity (Wildman–Crippen MR) is 57.7 cm³/mol. The second kappa shape index (κ2) is 6.81. The van der Waals surface area contributed by atoms with E-state index >= 15 is 0 Å². The van der Waals surface area contributed by atoms with E-state index in [4.69, 9.17) is 5.11 Å². The Balaban J connectivity index is 4.13. The molecule has 0 rings (SSSR count). The lowest BCUT2D eigenvalue weighted by Crippen LogP contribution is -2.47. The van der Waals surface area contributed by atoms with Crippen LogP contribution in [0.5, 0.6) is 0 Å². The summed E-state index contributed by atoms with van der Waals surface area (Å²) in [5, 5.41) is 13.5. The summed E-state index contributed by atoms with van der Waals surface area (Å²) >= 11 is 0. The highest BCUT2D eigenvalue weighted by Gasteiger charge is 2.23. The Kier molecular flexibility index (Phi) is 6.14. The van der Waals surface area contributed by atoms with Crippen LogP contribution in [-0.4, -0.2) is 35.5 Å². The lowest BCUT2D eigenvalue weighted by molar-refractivity contribution is -0.147. The maximum absolute atomic E-state index is 11.4. The Bertz CT molecular complexity index is 278. The lowest BCUT2D eigenvalue weighted by atomic mass is 10.1. The average Bonchev–Trinajstić information content (AvgIpc) is 2.24. The molecule has 0 spiro atoms. The van der Waals surface area contributed by atoms with Gasteiger partial charge in [-0.1, -0.05) is 6.92 Å². The van der Waals surface area contributed by atoms with Crippen molar-refractivity contribution in [2.45, 2.75) is 33.2 Å². The first kappa shape index (κ1) is 14.4. The molecule has 0 aliphatic carbocycles. The highest BCUT2D eigenvalue weighted by atomic mass is 16.4. The van der Waals surface area contributed by atoms with Crippen LogP contribution >= 0.6 is 0 Å². The van der Waals surface area contributed by atoms with Crippen molar-refractivity contribution in [1.29, 1.82) is 0 Å². The van der Waals surface area contributed by atoms with E-state index < -0.39 is 23.8 Å². The summed E-state index contributed by atoms with van der Waals surface area (Å²) in [5.74, 6) is -3.33. The number of hydrogen-bond donors (Lipinski definition) is 3. The fraction of sp³-hybridized carbons (Fsp3) is 0.700. The number of rotatable bonds is 6. The smallest absolute Gasteiger partial charge is 0.315 e. The Morgan fingerprint density at radius 2 is 1.75 bits per heavy atom. The van der Waals surface area contributed by atoms with E-state index in [1.165, 1.54) is 13.8 Å². The maximum atomic E-state index is 11.4. The average molecular weight is 230 g/mol. The minimum Gasteiger partial charge on any atom is -0.481 e. The number of aliphatic carboxylic acids is 1. The van der Waals surface area contributed by atoms with Crippen molar-refractivity contribution in [1.82, 2.24) is 10.6 Å². The van der Waals surface area contributed by atoms with Gasteiger partial charge < -0.3 is 15.7 Å². The van der Waals surface area contributed by atoms with Gasteiger partial charge in [0, 0.05) is 6.54 Å². The van der Waals surface area contributed by atoms with Crippen LogP contribution in [0.2, 0.25) is 0 Å². The molecular formula is C10H18N2O4. The third-order valence-electron chi connectivity index (χ3n) is 2.06. The number of nitrogens with one attached hydrogen (secondary N) is 2. The number of carbonyl (C=O) groups is 3. The van der Waals surface area contributed by atoms with Gasteiger partial charge in [-0.15, -0.1) is 0 Å². The van der Waals surface area contributed by atoms with E-state index in [0.29, 0.717) is 6.54 Å². The monoisotopic (exact) mass is 230 g/mol. The molecule has 0 bridgehead atoms. The van der Waals surface area contributed by atoms with Crippen molar-refractivity contribution in [3.05, 3.63) is 0 Å². The van der Waals surface area contributed by atoms with Crippen molar-refractivity contribution in [3.8, 4) is 0 Å². The predicted octanol–water partition coefficient (Wildman–Crippen LogP) is -0.262. The molecule has 3 N–H and O–H groups in total. The molecule has 92 valence electrons. The van der Waals surface area contributed by atoms with Crippen molar-refractivity contribution >= 4 is 17.8 Å². The third-order valence-corrected chi connectivity index (χ3v) is 2.06. The number of carbonyl (C=O) groups excluding carboxylic acids is 2. The molecule has 2 amide bonds. The highest BCUT2D eigenvalue weighted by Crippen LogP contribution is 1.95. The van der Waals surface area contributed by atoms with Crippen LogP contribution in [0.4, 0.5) is 0 Å². The van der Waals surface area contributed by atoms with Gasteiger partial charge >= 0.3 is 5.97 Å². The summed E-state index contributed by atoms with van der Waals surface area (Å²) in [6.45, 7) is 5.23. The maximum Gasteiger partial charge on any atom is 0.315 e. The van der Waals surface area contributed by atoms with Crippen molar-refractivity contribution in [2.75, 3.05) is 6.54 Å². The van der Waals surface area contributed by atoms with Crippen LogP contribution in [0.15, 0.2) is 0 Å². The lowest BCUT2D eigenvalue weighted by Gasteiger charge is -2.15. The fourth-order valence-electron chi connectivity index (χ4n) is 0.917. The summed E-state index contributed by atoms with van der Waals surface area (Å²) in [7, 11) is 0. The topological polar surface area (TPSA) is 95.5 Å². The molecule has 16 heavy (non-hydrogen) atoms. The Morgan fingerprint density at radius 1 is 1.19 bits per heavy atom. The normalized spacial score (nSPS) is 13.7. The van der Waals surface area contributed by atoms with E-state index in [9.17, 15) is 14.4 Å². The van der Waals surface area contributed by atoms with E-state index in [1.54, 1.807) is 0 Å². The van der Waals surface area contributed by atoms with Crippen LogP contribution in [0, 0.1) is 5.92 Å². The minimum absolute atomic E-state index is 0.312. The van der Waals surface area contributed by atoms with E-state index in [0.717, 1.165) is 6.42 Å². The first-order chi connectivity index (χ1) is 7.40. The highest BCUT2D eigenvalue weighted by molar-refractivity contribution is 5.98. The number of amides is 2. The summed E-state index contributed by atoms with van der Waals surface area (Å²) in [6, 6.07) is -0.721. The van der Waals surface area contributed by atoms with Gasteiger partial charge in [-0.3, -0.25) is 14.4 Å². The summed E-state index contributed by atoms with van der Waals surface area (Å²) < 4.78 is 0. The van der Waals surface area contributed by atoms with Gasteiger partial charge in [0.25, 0.3) is 0 Å². The standard InChI is InChI=1S/C10H18N2O4/c1-4-5-11-9(14)7(3)12-8(13)6(2)10(15)16/h6-7H,4-5H2,1-3H3,(H,11,14)(H,12,13)(H,15,16). The molecule has 0 aromatic heterocycles. The van der Waals surface area contributed by atoms with Gasteiger partial charge in [0.2, 0.25) is 11.8 Å². The molecular weight excluding hydrogens is 212 g/mol. The molecule has 6 nitrogen and oxygen atoms in total. The fourth-order valence-corrected chi connectivity index (χ4v) is 0.917. The minimum atomic E-state index is -1.21. The second-order valence-corrected chi connectivity index (χ2v) is 3.58. The molecule has 0 heterocycles. The molecule has 0 fully saturated rings. The van der Waals surface area contributed by atoms with Gasteiger partial charge in [-0.25, -0.2) is 0 Å². The number of hydrogen-bond acceptors (Lipinski definition) is 3. The van der Waals surface area contributed by atoms with Crippen LogP contribution in [-0.2, 0) is 14.4 Å². The zero-order valence-corrected chi connectivity index (χ0v) is 9.74. The van der Waals surface area contributed by atoms with Gasteiger partial charge in [0.1, 0.15) is 12.0 Å². The van der Waals surface area contributed by atoms with Gasteiger partial charge in [0.15, 0.2) is 0 Å². The third kappa shape index (κ3) is 4.77. The first-order valence-electron chi connectivity index (χ1n) is 5.21. The summed E-state index contributed by atoms with van der Waals surface area (Å²) in [5.41, 5.74) is 0. The number of carboxylic acids is 1. The molecule has 0 aliphatic rings. The van der Waals surface area contributed by atoms with E-state index in [1.807, 2.05) is 6.92 Å². The molecule has 0 aromatic carbocycles. The SMILES string of the molecule is CCCNC(=O)C(C)NC(=O)C(C)C(=O)O. The van der Waals surface area contributed by atoms with Gasteiger partial charge in [-0.05, 0) is 20.3 Å². The second-order valence-electron chi connectivity index (χ2n) is 3.58. The van der Waals surface area contributed by atoms with Crippen LogP contribution < -0.4 is 10.6 Å². The van der Waals surface area contributed by atoms with Crippen molar-refractivity contribution < 1.29 is 19.5 Å². The molecule has 2 atom stereocenters. The van der Waals surface area contributed by atoms with Gasteiger partial charge in [-0.2, -0.15) is 0 Å². The molecule has 0 radical (unpaired) electrons. The first-order valence-corrected chi connectivity index (χ1v) is 5.21. The largest absolute Gasteiger partial charge is 0.481 e. The summed E-state index contributed by atoms with van der Waals surface area (Å²) in [4.78, 5) is 33.2. The molecule has 2 unspecified atom stereocenters. The zero-order chi connectivity index (χ0) is 12.7. The number of carboxylic acid groups (broad SMARTS) is 1. The Morgan fingerprint density at radius 3 is 2.19 bits per heavy atom. The Hall–Kier alpha value is -1.59. The quantitative estimate of drug-likeness (QED) is 0.548. The zero-order valence-electron chi connectivity index (χ0n) is 9.74. The van der Waals surface area contributed by atoms with E-state index in [-0.39, 0.29) is 5.91 Å². The van der Waals surface area contributed by atoms with Crippen LogP contribution in [0.25, 0.3) is 0 Å². The molecule has 0 saturated heterocycles. The molecule has 0 aromatic rings. The Labute approximate surface area is 94.4 Å². The van der Waals surface area contributed by atoms with E-state index in [2.05, 4.69) is 10.6 Å². The molecule has 6 heteroatoms. The van der Waals surface area contributed by atoms with Gasteiger partial charge in [0.05, 0.1) is 0 Å². The molecule has 0 aliphatic heterocycles. The van der Waals surface area contributed by atoms with Crippen molar-refractivity contribution in [3.63, 3.8) is 0 Å².